The predicted molar refractivity (Wildman–Crippen MR) is 89.6 cm³/mol. The number of oxazole rings is 1. The molecule has 0 amide bonds. The van der Waals surface area contributed by atoms with Crippen LogP contribution in [0.3, 0.4) is 0 Å². The Bertz CT molecular complexity index is 907. The normalized spacial score (nSPS) is 15.7. The molecule has 5 heteroatoms. The van der Waals surface area contributed by atoms with Crippen molar-refractivity contribution in [3.05, 3.63) is 66.0 Å². The van der Waals surface area contributed by atoms with Crippen LogP contribution < -0.4 is 4.90 Å². The maximum atomic E-state index is 5.75. The molecule has 23 heavy (non-hydrogen) atoms. The molecule has 114 valence electrons. The molecule has 3 heterocycles. The fraction of sp³-hybridized carbons (Fsp3) is 0.111. The Morgan fingerprint density at radius 1 is 1.17 bits per heavy atom. The average Bonchev–Trinajstić information content (AvgIpc) is 3.00. The summed E-state index contributed by atoms with van der Waals surface area (Å²) in [6, 6.07) is 11.8. The minimum Gasteiger partial charge on any atom is -0.482 e. The number of hydrogen-bond donors (Lipinski definition) is 0. The first-order valence-electron chi connectivity index (χ1n) is 7.28. The van der Waals surface area contributed by atoms with E-state index in [4.69, 9.17) is 9.15 Å². The van der Waals surface area contributed by atoms with Crippen LogP contribution >= 0.6 is 0 Å². The molecule has 0 aliphatic carbocycles. The Kier molecular flexibility index (Phi) is 3.12. The first-order chi connectivity index (χ1) is 11.3. The zero-order chi connectivity index (χ0) is 15.8. The lowest BCUT2D eigenvalue weighted by atomic mass is 9.99. The van der Waals surface area contributed by atoms with Gasteiger partial charge in [0.1, 0.15) is 0 Å². The van der Waals surface area contributed by atoms with E-state index >= 15 is 0 Å². The molecule has 0 saturated carbocycles. The van der Waals surface area contributed by atoms with Crippen LogP contribution in [-0.4, -0.2) is 24.1 Å². The van der Waals surface area contributed by atoms with Crippen molar-refractivity contribution in [2.45, 2.75) is 0 Å². The molecule has 0 radical (unpaired) electrons. The van der Waals surface area contributed by atoms with Gasteiger partial charge in [0.25, 0.3) is 0 Å². The maximum absolute atomic E-state index is 5.75. The van der Waals surface area contributed by atoms with Gasteiger partial charge in [-0.25, -0.2) is 4.98 Å². The molecule has 1 aliphatic heterocycles. The number of allylic oxidation sites excluding steroid dienone is 2. The molecule has 0 spiro atoms. The second kappa shape index (κ2) is 5.28. The summed E-state index contributed by atoms with van der Waals surface area (Å²) in [6.07, 6.45) is 5.59. The lowest BCUT2D eigenvalue weighted by Gasteiger charge is -2.28. The van der Waals surface area contributed by atoms with Crippen LogP contribution in [0.25, 0.3) is 22.9 Å². The van der Waals surface area contributed by atoms with E-state index in [0.717, 1.165) is 22.7 Å². The van der Waals surface area contributed by atoms with Crippen LogP contribution in [0.5, 0.6) is 0 Å². The number of para-hydroxylation sites is 1. The predicted octanol–water partition coefficient (Wildman–Crippen LogP) is 3.70. The third-order valence-electron chi connectivity index (χ3n) is 3.86. The Labute approximate surface area is 133 Å². The van der Waals surface area contributed by atoms with Crippen LogP contribution in [0.15, 0.2) is 59.0 Å². The second-order valence-electron chi connectivity index (χ2n) is 5.24. The third kappa shape index (κ3) is 2.26. The van der Waals surface area contributed by atoms with Gasteiger partial charge in [0.05, 0.1) is 12.8 Å². The van der Waals surface area contributed by atoms with E-state index in [1.165, 1.54) is 0 Å². The highest BCUT2D eigenvalue weighted by Gasteiger charge is 2.20. The molecule has 0 bridgehead atoms. The van der Waals surface area contributed by atoms with E-state index in [0.29, 0.717) is 17.1 Å². The van der Waals surface area contributed by atoms with Gasteiger partial charge in [-0.3, -0.25) is 0 Å². The molecule has 3 aromatic rings. The number of hydrogen-bond acceptors (Lipinski definition) is 5. The van der Waals surface area contributed by atoms with Gasteiger partial charge < -0.3 is 14.1 Å². The monoisotopic (exact) mass is 305 g/mol. The SMILES string of the molecule is COC1=C/C(=C\c2nc3ncccc3o2)c2ccccc2N1C. The Morgan fingerprint density at radius 3 is 2.87 bits per heavy atom. The van der Waals surface area contributed by atoms with Crippen molar-refractivity contribution in [2.75, 3.05) is 19.1 Å². The smallest absolute Gasteiger partial charge is 0.222 e. The van der Waals surface area contributed by atoms with E-state index in [2.05, 4.69) is 22.1 Å². The summed E-state index contributed by atoms with van der Waals surface area (Å²) >= 11 is 0. The van der Waals surface area contributed by atoms with Gasteiger partial charge in [-0.2, -0.15) is 4.98 Å². The molecule has 1 aliphatic rings. The van der Waals surface area contributed by atoms with Crippen LogP contribution in [0.2, 0.25) is 0 Å². The Balaban J connectivity index is 1.87. The fourth-order valence-electron chi connectivity index (χ4n) is 2.73. The second-order valence-corrected chi connectivity index (χ2v) is 5.24. The van der Waals surface area contributed by atoms with Gasteiger partial charge in [-0.05, 0) is 23.8 Å². The molecule has 1 aromatic carbocycles. The highest BCUT2D eigenvalue weighted by Crippen LogP contribution is 2.36. The van der Waals surface area contributed by atoms with Crippen LogP contribution in [0.1, 0.15) is 11.5 Å². The van der Waals surface area contributed by atoms with E-state index in [9.17, 15) is 0 Å². The van der Waals surface area contributed by atoms with Crippen LogP contribution in [-0.2, 0) is 4.74 Å². The molecule has 4 rings (SSSR count). The summed E-state index contributed by atoms with van der Waals surface area (Å²) in [4.78, 5) is 10.6. The van der Waals surface area contributed by atoms with Crippen molar-refractivity contribution < 1.29 is 9.15 Å². The highest BCUT2D eigenvalue weighted by molar-refractivity contribution is 5.94. The van der Waals surface area contributed by atoms with E-state index in [1.54, 1.807) is 13.3 Å². The molecular weight excluding hydrogens is 290 g/mol. The Hall–Kier alpha value is -3.08. The topological polar surface area (TPSA) is 51.4 Å². The van der Waals surface area contributed by atoms with E-state index in [1.807, 2.05) is 48.4 Å². The van der Waals surface area contributed by atoms with Gasteiger partial charge in [0.15, 0.2) is 17.1 Å². The summed E-state index contributed by atoms with van der Waals surface area (Å²) in [5.41, 5.74) is 4.45. The fourth-order valence-corrected chi connectivity index (χ4v) is 2.73. The summed E-state index contributed by atoms with van der Waals surface area (Å²) in [5, 5.41) is 0. The van der Waals surface area contributed by atoms with E-state index in [-0.39, 0.29) is 0 Å². The molecule has 5 nitrogen and oxygen atoms in total. The number of aromatic nitrogens is 2. The maximum Gasteiger partial charge on any atom is 0.222 e. The summed E-state index contributed by atoms with van der Waals surface area (Å²) in [5.74, 6) is 1.30. The number of anilines is 1. The van der Waals surface area contributed by atoms with Gasteiger partial charge in [0.2, 0.25) is 5.89 Å². The minimum atomic E-state index is 0.528. The standard InChI is InChI=1S/C18H15N3O2/c1-21-14-7-4-3-6-13(14)12(11-17(21)22-2)10-16-20-18-15(23-16)8-5-9-19-18/h3-11H,1-2H3/b12-10+. The number of methoxy groups -OCH3 is 1. The minimum absolute atomic E-state index is 0.528. The van der Waals surface area contributed by atoms with Crippen molar-refractivity contribution in [3.63, 3.8) is 0 Å². The number of nitrogens with zero attached hydrogens (tertiary/aromatic N) is 3. The first kappa shape index (κ1) is 13.6. The molecule has 0 saturated heterocycles. The average molecular weight is 305 g/mol. The summed E-state index contributed by atoms with van der Waals surface area (Å²) < 4.78 is 11.2. The molecular formula is C18H15N3O2. The van der Waals surface area contributed by atoms with Gasteiger partial charge in [0, 0.05) is 31.0 Å². The quantitative estimate of drug-likeness (QED) is 0.722. The van der Waals surface area contributed by atoms with Gasteiger partial charge >= 0.3 is 0 Å². The van der Waals surface area contributed by atoms with Crippen molar-refractivity contribution in [3.8, 4) is 0 Å². The molecule has 2 aromatic heterocycles. The van der Waals surface area contributed by atoms with Gasteiger partial charge in [-0.1, -0.05) is 18.2 Å². The molecule has 0 unspecified atom stereocenters. The number of rotatable bonds is 2. The van der Waals surface area contributed by atoms with Crippen molar-refractivity contribution in [2.24, 2.45) is 0 Å². The zero-order valence-corrected chi connectivity index (χ0v) is 12.9. The first-order valence-corrected chi connectivity index (χ1v) is 7.28. The largest absolute Gasteiger partial charge is 0.482 e. The van der Waals surface area contributed by atoms with E-state index < -0.39 is 0 Å². The van der Waals surface area contributed by atoms with Crippen molar-refractivity contribution >= 4 is 28.6 Å². The third-order valence-corrected chi connectivity index (χ3v) is 3.86. The number of pyridine rings is 1. The highest BCUT2D eigenvalue weighted by atomic mass is 16.5. The molecule has 0 N–H and O–H groups in total. The summed E-state index contributed by atoms with van der Waals surface area (Å²) in [7, 11) is 3.64. The summed E-state index contributed by atoms with van der Waals surface area (Å²) in [6.45, 7) is 0. The van der Waals surface area contributed by atoms with Crippen molar-refractivity contribution in [1.29, 1.82) is 0 Å². The zero-order valence-electron chi connectivity index (χ0n) is 12.9. The molecule has 0 atom stereocenters. The lowest BCUT2D eigenvalue weighted by molar-refractivity contribution is 0.282. The molecule has 0 fully saturated rings. The van der Waals surface area contributed by atoms with Crippen LogP contribution in [0.4, 0.5) is 5.69 Å². The van der Waals surface area contributed by atoms with Crippen LogP contribution in [0, 0.1) is 0 Å². The van der Waals surface area contributed by atoms with Crippen molar-refractivity contribution in [1.82, 2.24) is 9.97 Å². The Morgan fingerprint density at radius 2 is 2.04 bits per heavy atom. The number of benzene rings is 1. The number of fused-ring (bicyclic) bond motifs is 2. The van der Waals surface area contributed by atoms with Gasteiger partial charge in [-0.15, -0.1) is 0 Å². The lowest BCUT2D eigenvalue weighted by Crippen LogP contribution is -2.22. The number of ether oxygens (including phenoxy) is 1.